The molecule has 0 bridgehead atoms. The monoisotopic (exact) mass is 239 g/mol. The summed E-state index contributed by atoms with van der Waals surface area (Å²) in [7, 11) is 0. The van der Waals surface area contributed by atoms with Crippen LogP contribution in [0.3, 0.4) is 0 Å². The van der Waals surface area contributed by atoms with Gasteiger partial charge in [-0.3, -0.25) is 4.79 Å². The number of carbonyl (C=O) groups is 1. The Labute approximate surface area is 104 Å². The van der Waals surface area contributed by atoms with E-state index in [1.807, 2.05) is 18.2 Å². The molecule has 0 amide bonds. The highest BCUT2D eigenvalue weighted by Gasteiger charge is 2.23. The minimum Gasteiger partial charge on any atom is -0.352 e. The zero-order valence-corrected chi connectivity index (χ0v) is 9.48. The zero-order valence-electron chi connectivity index (χ0n) is 9.48. The van der Waals surface area contributed by atoms with Crippen molar-refractivity contribution in [1.29, 1.82) is 0 Å². The second kappa shape index (κ2) is 4.11. The Balaban J connectivity index is 2.02. The number of benzene rings is 2. The van der Waals surface area contributed by atoms with E-state index in [0.29, 0.717) is 16.8 Å². The number of ketones is 1. The fourth-order valence-corrected chi connectivity index (χ4v) is 1.99. The zero-order chi connectivity index (χ0) is 12.5. The molecule has 88 valence electrons. The van der Waals surface area contributed by atoms with E-state index in [0.717, 1.165) is 5.69 Å². The quantitative estimate of drug-likeness (QED) is 0.772. The number of allylic oxidation sites excluding steroid dienone is 1. The summed E-state index contributed by atoms with van der Waals surface area (Å²) in [4.78, 5) is 12.1. The highest BCUT2D eigenvalue weighted by Crippen LogP contribution is 2.28. The first-order valence-electron chi connectivity index (χ1n) is 5.63. The summed E-state index contributed by atoms with van der Waals surface area (Å²) in [5.74, 6) is -0.440. The fraction of sp³-hybridized carbons (Fsp3) is 0. The van der Waals surface area contributed by atoms with Crippen molar-refractivity contribution in [1.82, 2.24) is 0 Å². The Bertz CT molecular complexity index is 661. The Morgan fingerprint density at radius 1 is 1.00 bits per heavy atom. The van der Waals surface area contributed by atoms with Crippen LogP contribution in [0.4, 0.5) is 10.1 Å². The van der Waals surface area contributed by atoms with Gasteiger partial charge in [0.05, 0.1) is 5.70 Å². The molecule has 2 aromatic carbocycles. The van der Waals surface area contributed by atoms with Gasteiger partial charge in [0.2, 0.25) is 5.78 Å². The summed E-state index contributed by atoms with van der Waals surface area (Å²) in [6.45, 7) is 0. The van der Waals surface area contributed by atoms with Gasteiger partial charge in [0.25, 0.3) is 0 Å². The van der Waals surface area contributed by atoms with Gasteiger partial charge in [-0.25, -0.2) is 4.39 Å². The molecule has 0 saturated carbocycles. The van der Waals surface area contributed by atoms with Crippen molar-refractivity contribution in [3.8, 4) is 0 Å². The average molecular weight is 239 g/mol. The third kappa shape index (κ3) is 1.70. The maximum absolute atomic E-state index is 13.5. The van der Waals surface area contributed by atoms with E-state index in [2.05, 4.69) is 5.32 Å². The van der Waals surface area contributed by atoms with Crippen molar-refractivity contribution in [2.24, 2.45) is 0 Å². The second-order valence-corrected chi connectivity index (χ2v) is 4.08. The van der Waals surface area contributed by atoms with Crippen molar-refractivity contribution in [3.05, 3.63) is 71.2 Å². The molecule has 1 N–H and O–H groups in total. The summed E-state index contributed by atoms with van der Waals surface area (Å²) in [5, 5.41) is 3.00. The van der Waals surface area contributed by atoms with E-state index in [-0.39, 0.29) is 11.6 Å². The molecular weight excluding hydrogens is 229 g/mol. The number of para-hydroxylation sites is 1. The third-order valence-electron chi connectivity index (χ3n) is 2.89. The Kier molecular flexibility index (Phi) is 2.45. The molecule has 1 heterocycles. The van der Waals surface area contributed by atoms with Gasteiger partial charge in [-0.1, -0.05) is 30.3 Å². The van der Waals surface area contributed by atoms with Crippen molar-refractivity contribution < 1.29 is 9.18 Å². The summed E-state index contributed by atoms with van der Waals surface area (Å²) < 4.78 is 13.5. The first-order valence-corrected chi connectivity index (χ1v) is 5.63. The molecule has 18 heavy (non-hydrogen) atoms. The lowest BCUT2D eigenvalue weighted by molar-refractivity contribution is 0.104. The van der Waals surface area contributed by atoms with Crippen LogP contribution < -0.4 is 5.32 Å². The van der Waals surface area contributed by atoms with Gasteiger partial charge in [-0.05, 0) is 24.3 Å². The van der Waals surface area contributed by atoms with E-state index < -0.39 is 0 Å². The highest BCUT2D eigenvalue weighted by atomic mass is 19.1. The van der Waals surface area contributed by atoms with Gasteiger partial charge < -0.3 is 5.32 Å². The molecule has 0 aromatic heterocycles. The Morgan fingerprint density at radius 3 is 2.50 bits per heavy atom. The van der Waals surface area contributed by atoms with Crippen LogP contribution in [-0.2, 0) is 0 Å². The number of Topliss-reactive ketones (excluding diaryl/α,β-unsaturated/α-hetero) is 1. The predicted octanol–water partition coefficient (Wildman–Crippen LogP) is 3.48. The number of fused-ring (bicyclic) bond motifs is 1. The van der Waals surface area contributed by atoms with E-state index >= 15 is 0 Å². The normalized spacial score (nSPS) is 15.6. The van der Waals surface area contributed by atoms with Gasteiger partial charge in [0.1, 0.15) is 5.82 Å². The molecule has 2 nitrogen and oxygen atoms in total. The first kappa shape index (κ1) is 10.7. The molecule has 0 fully saturated rings. The van der Waals surface area contributed by atoms with Crippen LogP contribution in [0, 0.1) is 5.82 Å². The molecule has 0 aliphatic carbocycles. The molecule has 2 aromatic rings. The molecule has 0 saturated heterocycles. The maximum atomic E-state index is 13.5. The number of halogens is 1. The summed E-state index contributed by atoms with van der Waals surface area (Å²) in [6.07, 6.45) is 1.54. The number of nitrogens with one attached hydrogen (secondary N) is 1. The van der Waals surface area contributed by atoms with Crippen LogP contribution in [-0.4, -0.2) is 5.78 Å². The van der Waals surface area contributed by atoms with E-state index in [1.54, 1.807) is 24.3 Å². The number of rotatable bonds is 1. The fourth-order valence-electron chi connectivity index (χ4n) is 1.99. The van der Waals surface area contributed by atoms with E-state index in [1.165, 1.54) is 12.1 Å². The molecule has 0 spiro atoms. The highest BCUT2D eigenvalue weighted by molar-refractivity contribution is 6.20. The molecule has 0 atom stereocenters. The first-order chi connectivity index (χ1) is 8.75. The summed E-state index contributed by atoms with van der Waals surface area (Å²) in [5.41, 5.74) is 2.20. The van der Waals surface area contributed by atoms with Gasteiger partial charge in [0, 0.05) is 16.8 Å². The lowest BCUT2D eigenvalue weighted by atomic mass is 10.1. The number of anilines is 1. The van der Waals surface area contributed by atoms with Gasteiger partial charge in [-0.2, -0.15) is 0 Å². The summed E-state index contributed by atoms with van der Waals surface area (Å²) in [6, 6.07) is 13.6. The molecule has 1 aliphatic rings. The Hall–Kier alpha value is -2.42. The third-order valence-corrected chi connectivity index (χ3v) is 2.89. The molecule has 3 rings (SSSR count). The molecular formula is C15H10FNO. The van der Waals surface area contributed by atoms with Crippen molar-refractivity contribution in [3.63, 3.8) is 0 Å². The topological polar surface area (TPSA) is 29.1 Å². The number of carbonyl (C=O) groups excluding carboxylic acids is 1. The van der Waals surface area contributed by atoms with E-state index in [9.17, 15) is 9.18 Å². The lowest BCUT2D eigenvalue weighted by Gasteiger charge is -1.99. The molecule has 1 aliphatic heterocycles. The van der Waals surface area contributed by atoms with Crippen LogP contribution in [0.1, 0.15) is 15.9 Å². The van der Waals surface area contributed by atoms with Crippen molar-refractivity contribution >= 4 is 17.5 Å². The van der Waals surface area contributed by atoms with Crippen LogP contribution in [0.2, 0.25) is 0 Å². The van der Waals surface area contributed by atoms with Crippen molar-refractivity contribution in [2.75, 3.05) is 5.32 Å². The lowest BCUT2D eigenvalue weighted by Crippen LogP contribution is -2.00. The second-order valence-electron chi connectivity index (χ2n) is 4.08. The SMILES string of the molecule is O=C1C(=Cc2ccccc2F)Nc2ccccc21. The van der Waals surface area contributed by atoms with Crippen LogP contribution in [0.15, 0.2) is 54.2 Å². The van der Waals surface area contributed by atoms with Crippen LogP contribution in [0.5, 0.6) is 0 Å². The minimum atomic E-state index is -0.337. The minimum absolute atomic E-state index is 0.103. The Morgan fingerprint density at radius 2 is 1.72 bits per heavy atom. The standard InChI is InChI=1S/C15H10FNO/c16-12-7-3-1-5-10(12)9-14-15(18)11-6-2-4-8-13(11)17-14/h1-9,17H. The van der Waals surface area contributed by atoms with E-state index in [4.69, 9.17) is 0 Å². The smallest absolute Gasteiger partial charge is 0.211 e. The number of hydrogen-bond acceptors (Lipinski definition) is 2. The predicted molar refractivity (Wildman–Crippen MR) is 68.8 cm³/mol. The van der Waals surface area contributed by atoms with Gasteiger partial charge >= 0.3 is 0 Å². The van der Waals surface area contributed by atoms with Crippen LogP contribution in [0.25, 0.3) is 6.08 Å². The molecule has 3 heteroatoms. The molecule has 0 radical (unpaired) electrons. The van der Waals surface area contributed by atoms with Crippen molar-refractivity contribution in [2.45, 2.75) is 0 Å². The average Bonchev–Trinajstić information content (AvgIpc) is 2.70. The van der Waals surface area contributed by atoms with Gasteiger partial charge in [0.15, 0.2) is 0 Å². The largest absolute Gasteiger partial charge is 0.352 e. The molecule has 0 unspecified atom stereocenters. The van der Waals surface area contributed by atoms with Crippen LogP contribution >= 0.6 is 0 Å². The maximum Gasteiger partial charge on any atom is 0.211 e. The summed E-state index contributed by atoms with van der Waals surface area (Å²) >= 11 is 0. The number of hydrogen-bond donors (Lipinski definition) is 1. The van der Waals surface area contributed by atoms with Gasteiger partial charge in [-0.15, -0.1) is 0 Å².